The van der Waals surface area contributed by atoms with Crippen LogP contribution < -0.4 is 0 Å². The first-order valence-electron chi connectivity index (χ1n) is 8.23. The molecule has 0 spiro atoms. The smallest absolute Gasteiger partial charge is 0.347 e. The van der Waals surface area contributed by atoms with Crippen molar-refractivity contribution in [2.45, 2.75) is 45.3 Å². The lowest BCUT2D eigenvalue weighted by molar-refractivity contribution is -0.393. The van der Waals surface area contributed by atoms with Crippen LogP contribution in [0.1, 0.15) is 23.3 Å². The van der Waals surface area contributed by atoms with Gasteiger partial charge in [-0.3, -0.25) is 4.79 Å². The molecule has 1 amide bonds. The molecule has 8 nitrogen and oxygen atoms in total. The lowest BCUT2D eigenvalue weighted by Crippen LogP contribution is -2.29. The molecule has 9 heteroatoms. The van der Waals surface area contributed by atoms with Crippen molar-refractivity contribution in [3.63, 3.8) is 0 Å². The number of amides is 1. The number of ether oxygens (including phenoxy) is 1. The first kappa shape index (κ1) is 18.6. The van der Waals surface area contributed by atoms with Gasteiger partial charge in [0.25, 0.3) is 5.91 Å². The summed E-state index contributed by atoms with van der Waals surface area (Å²) in [6.45, 7) is 7.90. The predicted octanol–water partition coefficient (Wildman–Crippen LogP) is 2.59. The molecule has 1 aliphatic rings. The fourth-order valence-corrected chi connectivity index (χ4v) is 3.01. The average molecular weight is 354 g/mol. The number of hydrogen-bond donors (Lipinski definition) is 0. The van der Waals surface area contributed by atoms with E-state index in [0.717, 1.165) is 23.6 Å². The molecular formula is C15H26N4O4Si. The standard InChI is InChI=1S/C15H26N4O4Si/c1-17(10-12-5-6-12)15(20)13-9-14(19(21)22)18(16-13)11-23-7-8-24(2,3)4/h9,12H,5-8,10-11H2,1-4H3. The van der Waals surface area contributed by atoms with E-state index in [1.165, 1.54) is 6.07 Å². The second-order valence-corrected chi connectivity index (χ2v) is 13.2. The summed E-state index contributed by atoms with van der Waals surface area (Å²) in [6, 6.07) is 2.20. The van der Waals surface area contributed by atoms with Crippen molar-refractivity contribution in [1.29, 1.82) is 0 Å². The van der Waals surface area contributed by atoms with E-state index in [-0.39, 0.29) is 24.1 Å². The lowest BCUT2D eigenvalue weighted by Gasteiger charge is -2.14. The van der Waals surface area contributed by atoms with Crippen molar-refractivity contribution < 1.29 is 14.5 Å². The Labute approximate surface area is 142 Å². The summed E-state index contributed by atoms with van der Waals surface area (Å²) in [6.07, 6.45) is 2.27. The quantitative estimate of drug-likeness (QED) is 0.294. The molecule has 24 heavy (non-hydrogen) atoms. The van der Waals surface area contributed by atoms with Crippen molar-refractivity contribution >= 4 is 19.8 Å². The van der Waals surface area contributed by atoms with Crippen LogP contribution in [0.3, 0.4) is 0 Å². The van der Waals surface area contributed by atoms with Gasteiger partial charge in [-0.1, -0.05) is 24.7 Å². The molecule has 1 aromatic heterocycles. The van der Waals surface area contributed by atoms with Gasteiger partial charge in [-0.25, -0.2) is 0 Å². The molecule has 1 saturated carbocycles. The molecule has 0 aromatic carbocycles. The maximum Gasteiger partial charge on any atom is 0.347 e. The van der Waals surface area contributed by atoms with E-state index in [4.69, 9.17) is 4.74 Å². The first-order valence-corrected chi connectivity index (χ1v) is 11.9. The van der Waals surface area contributed by atoms with Crippen molar-refractivity contribution in [1.82, 2.24) is 14.7 Å². The number of nitrogens with zero attached hydrogens (tertiary/aromatic N) is 4. The summed E-state index contributed by atoms with van der Waals surface area (Å²) in [4.78, 5) is 24.6. The molecule has 0 aliphatic heterocycles. The third-order valence-electron chi connectivity index (χ3n) is 3.95. The fourth-order valence-electron chi connectivity index (χ4n) is 2.25. The summed E-state index contributed by atoms with van der Waals surface area (Å²) in [5, 5.41) is 15.3. The number of aromatic nitrogens is 2. The van der Waals surface area contributed by atoms with Crippen LogP contribution in [0.25, 0.3) is 0 Å². The fraction of sp³-hybridized carbons (Fsp3) is 0.733. The van der Waals surface area contributed by atoms with Crippen LogP contribution in [0.4, 0.5) is 5.82 Å². The van der Waals surface area contributed by atoms with Gasteiger partial charge in [-0.05, 0) is 29.7 Å². The molecule has 134 valence electrons. The van der Waals surface area contributed by atoms with E-state index in [1.807, 2.05) is 0 Å². The molecule has 1 aliphatic carbocycles. The molecule has 0 N–H and O–H groups in total. The van der Waals surface area contributed by atoms with Gasteiger partial charge in [0.15, 0.2) is 5.69 Å². The minimum atomic E-state index is -1.22. The third kappa shape index (κ3) is 5.41. The molecule has 2 rings (SSSR count). The van der Waals surface area contributed by atoms with Crippen LogP contribution in [-0.4, -0.2) is 53.8 Å². The van der Waals surface area contributed by atoms with Crippen molar-refractivity contribution in [2.24, 2.45) is 5.92 Å². The highest BCUT2D eigenvalue weighted by Gasteiger charge is 2.29. The van der Waals surface area contributed by atoms with Gasteiger partial charge in [-0.2, -0.15) is 0 Å². The number of hydrogen-bond acceptors (Lipinski definition) is 5. The zero-order valence-corrected chi connectivity index (χ0v) is 15.8. The molecule has 1 fully saturated rings. The molecule has 1 aromatic rings. The molecule has 0 saturated heterocycles. The molecule has 1 heterocycles. The Morgan fingerprint density at radius 2 is 2.17 bits per heavy atom. The highest BCUT2D eigenvalue weighted by molar-refractivity contribution is 6.76. The Bertz CT molecular complexity index is 607. The summed E-state index contributed by atoms with van der Waals surface area (Å²) >= 11 is 0. The van der Waals surface area contributed by atoms with Crippen LogP contribution in [0.15, 0.2) is 6.07 Å². The van der Waals surface area contributed by atoms with Crippen molar-refractivity contribution in [2.75, 3.05) is 20.2 Å². The molecular weight excluding hydrogens is 328 g/mol. The molecule has 0 unspecified atom stereocenters. The second kappa shape index (κ2) is 7.43. The monoisotopic (exact) mass is 354 g/mol. The van der Waals surface area contributed by atoms with Crippen LogP contribution in [0.2, 0.25) is 25.7 Å². The number of nitro groups is 1. The SMILES string of the molecule is CN(CC1CC1)C(=O)c1cc([N+](=O)[O-])n(COCC[Si](C)(C)C)n1. The summed E-state index contributed by atoms with van der Waals surface area (Å²) in [7, 11) is 0.487. The Morgan fingerprint density at radius 3 is 2.71 bits per heavy atom. The van der Waals surface area contributed by atoms with Crippen LogP contribution in [0.5, 0.6) is 0 Å². The van der Waals surface area contributed by atoms with Gasteiger partial charge in [0.2, 0.25) is 6.73 Å². The van der Waals surface area contributed by atoms with E-state index in [9.17, 15) is 14.9 Å². The van der Waals surface area contributed by atoms with Crippen LogP contribution in [-0.2, 0) is 11.5 Å². The van der Waals surface area contributed by atoms with Gasteiger partial charge in [0.1, 0.15) is 0 Å². The van der Waals surface area contributed by atoms with E-state index < -0.39 is 13.0 Å². The maximum absolute atomic E-state index is 12.3. The summed E-state index contributed by atoms with van der Waals surface area (Å²) < 4.78 is 6.68. The van der Waals surface area contributed by atoms with E-state index in [1.54, 1.807) is 11.9 Å². The minimum Gasteiger partial charge on any atom is -0.358 e. The summed E-state index contributed by atoms with van der Waals surface area (Å²) in [5.41, 5.74) is 0.0960. The molecule has 0 atom stereocenters. The van der Waals surface area contributed by atoms with Gasteiger partial charge < -0.3 is 19.8 Å². The Kier molecular flexibility index (Phi) is 5.76. The van der Waals surface area contributed by atoms with Crippen molar-refractivity contribution in [3.8, 4) is 0 Å². The zero-order chi connectivity index (χ0) is 17.9. The third-order valence-corrected chi connectivity index (χ3v) is 5.65. The topological polar surface area (TPSA) is 90.5 Å². The minimum absolute atomic E-state index is 0.0135. The number of carbonyl (C=O) groups is 1. The van der Waals surface area contributed by atoms with E-state index >= 15 is 0 Å². The predicted molar refractivity (Wildman–Crippen MR) is 92.7 cm³/mol. The highest BCUT2D eigenvalue weighted by Crippen LogP contribution is 2.29. The zero-order valence-electron chi connectivity index (χ0n) is 14.8. The number of carbonyl (C=O) groups excluding carboxylic acids is 1. The highest BCUT2D eigenvalue weighted by atomic mass is 28.3. The van der Waals surface area contributed by atoms with Crippen LogP contribution in [0, 0.1) is 16.0 Å². The van der Waals surface area contributed by atoms with Gasteiger partial charge >= 0.3 is 5.82 Å². The van der Waals surface area contributed by atoms with Crippen molar-refractivity contribution in [3.05, 3.63) is 21.9 Å². The van der Waals surface area contributed by atoms with E-state index in [0.29, 0.717) is 19.1 Å². The Balaban J connectivity index is 2.00. The van der Waals surface area contributed by atoms with E-state index in [2.05, 4.69) is 24.7 Å². The van der Waals surface area contributed by atoms with Gasteiger partial charge in [-0.15, -0.1) is 4.68 Å². The number of rotatable bonds is 9. The average Bonchev–Trinajstić information content (AvgIpc) is 3.18. The maximum atomic E-state index is 12.3. The lowest BCUT2D eigenvalue weighted by atomic mass is 10.3. The van der Waals surface area contributed by atoms with Gasteiger partial charge in [0.05, 0.1) is 6.07 Å². The van der Waals surface area contributed by atoms with Crippen LogP contribution >= 0.6 is 0 Å². The Hall–Kier alpha value is -1.74. The molecule has 0 radical (unpaired) electrons. The molecule has 0 bridgehead atoms. The normalized spacial score (nSPS) is 14.7. The van der Waals surface area contributed by atoms with Gasteiger partial charge in [0, 0.05) is 28.3 Å². The summed E-state index contributed by atoms with van der Waals surface area (Å²) in [5.74, 6) is 0.0537. The largest absolute Gasteiger partial charge is 0.358 e. The Morgan fingerprint density at radius 1 is 1.50 bits per heavy atom. The first-order chi connectivity index (χ1) is 11.2. The second-order valence-electron chi connectivity index (χ2n) is 7.62.